The summed E-state index contributed by atoms with van der Waals surface area (Å²) in [4.78, 5) is 25.3. The number of carbonyl (C=O) groups excluding carboxylic acids is 2. The monoisotopic (exact) mass is 276 g/mol. The van der Waals surface area contributed by atoms with Gasteiger partial charge in [0.2, 0.25) is 5.91 Å². The number of hydrogen-bond acceptors (Lipinski definition) is 3. The van der Waals surface area contributed by atoms with Gasteiger partial charge >= 0.3 is 0 Å². The lowest BCUT2D eigenvalue weighted by Crippen LogP contribution is -2.44. The number of carbonyl (C=O) groups is 2. The van der Waals surface area contributed by atoms with E-state index in [0.29, 0.717) is 11.1 Å². The van der Waals surface area contributed by atoms with Crippen molar-refractivity contribution in [3.05, 3.63) is 29.3 Å². The first kappa shape index (κ1) is 14.4. The second kappa shape index (κ2) is 5.94. The molecule has 1 fully saturated rings. The van der Waals surface area contributed by atoms with Crippen LogP contribution in [-0.2, 0) is 4.79 Å². The van der Waals surface area contributed by atoms with Crippen molar-refractivity contribution in [2.75, 3.05) is 6.54 Å². The van der Waals surface area contributed by atoms with Crippen molar-refractivity contribution in [3.8, 4) is 5.75 Å². The smallest absolute Gasteiger partial charge is 0.254 e. The van der Waals surface area contributed by atoms with Crippen LogP contribution in [0.25, 0.3) is 0 Å². The van der Waals surface area contributed by atoms with Gasteiger partial charge in [-0.3, -0.25) is 9.59 Å². The largest absolute Gasteiger partial charge is 0.508 e. The number of phenols is 1. The van der Waals surface area contributed by atoms with Crippen LogP contribution in [-0.4, -0.2) is 34.4 Å². The predicted octanol–water partition coefficient (Wildman–Crippen LogP) is 1.57. The molecule has 5 heteroatoms. The highest BCUT2D eigenvalue weighted by Gasteiger charge is 2.28. The molecule has 0 bridgehead atoms. The Kier molecular flexibility index (Phi) is 4.27. The van der Waals surface area contributed by atoms with Crippen molar-refractivity contribution in [1.82, 2.24) is 4.90 Å². The Bertz CT molecular complexity index is 522. The molecule has 1 saturated carbocycles. The average molecular weight is 276 g/mol. The van der Waals surface area contributed by atoms with E-state index in [1.54, 1.807) is 24.0 Å². The maximum atomic E-state index is 12.6. The first-order valence-electron chi connectivity index (χ1n) is 6.88. The lowest BCUT2D eigenvalue weighted by atomic mass is 10.1. The quantitative estimate of drug-likeness (QED) is 0.875. The molecule has 1 aromatic carbocycles. The standard InChI is InChI=1S/C15H20N2O3/c1-10-8-11(6-7-13(10)18)15(20)17(9-14(16)19)12-4-2-3-5-12/h6-8,12,18H,2-5,9H2,1H3,(H2,16,19). The fourth-order valence-electron chi connectivity index (χ4n) is 2.70. The molecule has 0 aromatic heterocycles. The maximum absolute atomic E-state index is 12.6. The van der Waals surface area contributed by atoms with Gasteiger partial charge in [0.1, 0.15) is 5.75 Å². The Labute approximate surface area is 118 Å². The molecule has 0 unspecified atom stereocenters. The second-order valence-electron chi connectivity index (χ2n) is 5.34. The lowest BCUT2D eigenvalue weighted by Gasteiger charge is -2.28. The summed E-state index contributed by atoms with van der Waals surface area (Å²) in [6.07, 6.45) is 3.97. The molecule has 0 atom stereocenters. The minimum atomic E-state index is -0.499. The zero-order valence-corrected chi connectivity index (χ0v) is 11.6. The van der Waals surface area contributed by atoms with Crippen LogP contribution in [0.3, 0.4) is 0 Å². The van der Waals surface area contributed by atoms with E-state index < -0.39 is 5.91 Å². The molecular formula is C15H20N2O3. The topological polar surface area (TPSA) is 83.6 Å². The van der Waals surface area contributed by atoms with Gasteiger partial charge in [-0.05, 0) is 43.5 Å². The van der Waals surface area contributed by atoms with Gasteiger partial charge in [0.15, 0.2) is 0 Å². The van der Waals surface area contributed by atoms with E-state index >= 15 is 0 Å². The molecule has 20 heavy (non-hydrogen) atoms. The third-order valence-electron chi connectivity index (χ3n) is 3.80. The minimum absolute atomic E-state index is 0.0522. The van der Waals surface area contributed by atoms with Crippen molar-refractivity contribution >= 4 is 11.8 Å². The minimum Gasteiger partial charge on any atom is -0.508 e. The molecule has 1 aromatic rings. The molecule has 0 spiro atoms. The second-order valence-corrected chi connectivity index (χ2v) is 5.34. The highest BCUT2D eigenvalue weighted by molar-refractivity contribution is 5.97. The summed E-state index contributed by atoms with van der Waals surface area (Å²) in [5.41, 5.74) is 6.38. The number of nitrogens with zero attached hydrogens (tertiary/aromatic N) is 1. The van der Waals surface area contributed by atoms with Gasteiger partial charge in [0.25, 0.3) is 5.91 Å². The van der Waals surface area contributed by atoms with Crippen LogP contribution >= 0.6 is 0 Å². The summed E-state index contributed by atoms with van der Waals surface area (Å²) in [5.74, 6) is -0.539. The molecule has 5 nitrogen and oxygen atoms in total. The highest BCUT2D eigenvalue weighted by atomic mass is 16.3. The normalized spacial score (nSPS) is 15.2. The van der Waals surface area contributed by atoms with Crippen LogP contribution in [0.4, 0.5) is 0 Å². The fourth-order valence-corrected chi connectivity index (χ4v) is 2.70. The van der Waals surface area contributed by atoms with Gasteiger partial charge in [-0.25, -0.2) is 0 Å². The zero-order valence-electron chi connectivity index (χ0n) is 11.6. The van der Waals surface area contributed by atoms with E-state index in [2.05, 4.69) is 0 Å². The number of aryl methyl sites for hydroxylation is 1. The van der Waals surface area contributed by atoms with Crippen LogP contribution < -0.4 is 5.73 Å². The van der Waals surface area contributed by atoms with Crippen LogP contribution in [0.15, 0.2) is 18.2 Å². The van der Waals surface area contributed by atoms with E-state index in [-0.39, 0.29) is 24.2 Å². The van der Waals surface area contributed by atoms with Gasteiger partial charge in [-0.15, -0.1) is 0 Å². The summed E-state index contributed by atoms with van der Waals surface area (Å²) in [6, 6.07) is 4.80. The van der Waals surface area contributed by atoms with E-state index in [0.717, 1.165) is 25.7 Å². The number of aromatic hydroxyl groups is 1. The summed E-state index contributed by atoms with van der Waals surface area (Å²) in [7, 11) is 0. The van der Waals surface area contributed by atoms with Crippen molar-refractivity contribution in [2.45, 2.75) is 38.6 Å². The summed E-state index contributed by atoms with van der Waals surface area (Å²) >= 11 is 0. The molecule has 3 N–H and O–H groups in total. The van der Waals surface area contributed by atoms with Gasteiger partial charge in [0.05, 0.1) is 6.54 Å². The third-order valence-corrected chi connectivity index (χ3v) is 3.80. The number of primary amides is 1. The van der Waals surface area contributed by atoms with Crippen LogP contribution in [0.5, 0.6) is 5.75 Å². The fraction of sp³-hybridized carbons (Fsp3) is 0.467. The van der Waals surface area contributed by atoms with Crippen molar-refractivity contribution in [2.24, 2.45) is 5.73 Å². The molecule has 0 saturated heterocycles. The summed E-state index contributed by atoms with van der Waals surface area (Å²) < 4.78 is 0. The molecule has 1 aliphatic rings. The van der Waals surface area contributed by atoms with Crippen molar-refractivity contribution in [1.29, 1.82) is 0 Å². The molecule has 2 amide bonds. The summed E-state index contributed by atoms with van der Waals surface area (Å²) in [5, 5.41) is 9.52. The highest BCUT2D eigenvalue weighted by Crippen LogP contribution is 2.26. The molecule has 0 aliphatic heterocycles. The van der Waals surface area contributed by atoms with Crippen molar-refractivity contribution < 1.29 is 14.7 Å². The Hall–Kier alpha value is -2.04. The number of benzene rings is 1. The van der Waals surface area contributed by atoms with E-state index in [1.165, 1.54) is 6.07 Å². The SMILES string of the molecule is Cc1cc(C(=O)N(CC(N)=O)C2CCCC2)ccc1O. The zero-order chi connectivity index (χ0) is 14.7. The predicted molar refractivity (Wildman–Crippen MR) is 75.3 cm³/mol. The van der Waals surface area contributed by atoms with Gasteiger partial charge in [-0.1, -0.05) is 12.8 Å². The maximum Gasteiger partial charge on any atom is 0.254 e. The molecule has 1 aliphatic carbocycles. The van der Waals surface area contributed by atoms with E-state index in [1.807, 2.05) is 0 Å². The molecular weight excluding hydrogens is 256 g/mol. The Morgan fingerprint density at radius 3 is 2.55 bits per heavy atom. The molecule has 2 rings (SSSR count). The van der Waals surface area contributed by atoms with E-state index in [9.17, 15) is 14.7 Å². The van der Waals surface area contributed by atoms with E-state index in [4.69, 9.17) is 5.73 Å². The number of amides is 2. The average Bonchev–Trinajstić information content (AvgIpc) is 2.92. The number of hydrogen-bond donors (Lipinski definition) is 2. The Morgan fingerprint density at radius 2 is 2.00 bits per heavy atom. The van der Waals surface area contributed by atoms with Gasteiger partial charge in [0, 0.05) is 11.6 Å². The molecule has 0 radical (unpaired) electrons. The molecule has 108 valence electrons. The number of phenolic OH excluding ortho intramolecular Hbond substituents is 1. The number of rotatable bonds is 4. The number of nitrogens with two attached hydrogens (primary N) is 1. The van der Waals surface area contributed by atoms with Crippen LogP contribution in [0.2, 0.25) is 0 Å². The Balaban J connectivity index is 2.24. The third kappa shape index (κ3) is 3.10. The molecule has 0 heterocycles. The Morgan fingerprint density at radius 1 is 1.35 bits per heavy atom. The van der Waals surface area contributed by atoms with Gasteiger partial charge < -0.3 is 15.7 Å². The first-order valence-corrected chi connectivity index (χ1v) is 6.88. The van der Waals surface area contributed by atoms with Crippen molar-refractivity contribution in [3.63, 3.8) is 0 Å². The van der Waals surface area contributed by atoms with Crippen LogP contribution in [0, 0.1) is 6.92 Å². The van der Waals surface area contributed by atoms with Gasteiger partial charge in [-0.2, -0.15) is 0 Å². The summed E-state index contributed by atoms with van der Waals surface area (Å²) in [6.45, 7) is 1.68. The van der Waals surface area contributed by atoms with Crippen LogP contribution in [0.1, 0.15) is 41.6 Å². The first-order chi connectivity index (χ1) is 9.49. The lowest BCUT2D eigenvalue weighted by molar-refractivity contribution is -0.119.